The van der Waals surface area contributed by atoms with Crippen molar-refractivity contribution in [2.75, 3.05) is 6.61 Å². The van der Waals surface area contributed by atoms with Crippen LogP contribution in [0.3, 0.4) is 0 Å². The fraction of sp³-hybridized carbons (Fsp3) is 0.158. The van der Waals surface area contributed by atoms with Crippen LogP contribution in [0.2, 0.25) is 0 Å². The molecule has 3 aromatic rings. The summed E-state index contributed by atoms with van der Waals surface area (Å²) in [5.74, 6) is 0.832. The molecule has 3 rings (SSSR count). The van der Waals surface area contributed by atoms with Crippen molar-refractivity contribution < 1.29 is 13.2 Å². The molecule has 0 amide bonds. The first-order chi connectivity index (χ1) is 11.9. The van der Waals surface area contributed by atoms with Crippen LogP contribution in [-0.2, 0) is 10.0 Å². The molecule has 0 spiro atoms. The van der Waals surface area contributed by atoms with Gasteiger partial charge < -0.3 is 9.72 Å². The second-order valence-corrected chi connectivity index (χ2v) is 7.31. The zero-order chi connectivity index (χ0) is 18.0. The summed E-state index contributed by atoms with van der Waals surface area (Å²) in [5, 5.41) is 5.16. The Labute approximate surface area is 147 Å². The van der Waals surface area contributed by atoms with Crippen molar-refractivity contribution in [1.29, 1.82) is 0 Å². The lowest BCUT2D eigenvalue weighted by molar-refractivity contribution is 0.340. The standard InChI is InChI=1S/C19H20N2O3S/c1-3-24-16-8-4-14(5-9-16)18-13(2)12-21-19(18)15-6-10-17(11-7-15)25(20,22)23/h4-12,21H,3H2,1-2H3,(H2,20,22,23). The first kappa shape index (κ1) is 17.3. The Hall–Kier alpha value is -2.57. The van der Waals surface area contributed by atoms with Gasteiger partial charge in [-0.25, -0.2) is 13.6 Å². The quantitative estimate of drug-likeness (QED) is 0.731. The molecule has 6 heteroatoms. The van der Waals surface area contributed by atoms with Gasteiger partial charge in [0, 0.05) is 11.8 Å². The van der Waals surface area contributed by atoms with Gasteiger partial charge in [-0.2, -0.15) is 0 Å². The number of H-pyrrole nitrogens is 1. The smallest absolute Gasteiger partial charge is 0.238 e. The van der Waals surface area contributed by atoms with E-state index in [9.17, 15) is 8.42 Å². The number of aryl methyl sites for hydroxylation is 1. The summed E-state index contributed by atoms with van der Waals surface area (Å²) in [7, 11) is -3.69. The number of hydrogen-bond acceptors (Lipinski definition) is 3. The molecule has 2 aromatic carbocycles. The predicted octanol–water partition coefficient (Wildman–Crippen LogP) is 3.70. The van der Waals surface area contributed by atoms with E-state index in [2.05, 4.69) is 4.98 Å². The fourth-order valence-corrected chi connectivity index (χ4v) is 3.33. The van der Waals surface area contributed by atoms with Crippen LogP contribution >= 0.6 is 0 Å². The van der Waals surface area contributed by atoms with Gasteiger partial charge in [-0.1, -0.05) is 24.3 Å². The first-order valence-corrected chi connectivity index (χ1v) is 9.49. The van der Waals surface area contributed by atoms with Gasteiger partial charge >= 0.3 is 0 Å². The average Bonchev–Trinajstić information content (AvgIpc) is 2.97. The number of rotatable bonds is 5. The summed E-state index contributed by atoms with van der Waals surface area (Å²) >= 11 is 0. The topological polar surface area (TPSA) is 85.2 Å². The number of sulfonamides is 1. The van der Waals surface area contributed by atoms with E-state index in [0.29, 0.717) is 6.61 Å². The molecular formula is C19H20N2O3S. The van der Waals surface area contributed by atoms with Gasteiger partial charge in [-0.05, 0) is 54.8 Å². The van der Waals surface area contributed by atoms with E-state index in [1.807, 2.05) is 44.3 Å². The van der Waals surface area contributed by atoms with Crippen LogP contribution < -0.4 is 9.88 Å². The number of aromatic amines is 1. The number of aromatic nitrogens is 1. The minimum Gasteiger partial charge on any atom is -0.494 e. The van der Waals surface area contributed by atoms with Crippen molar-refractivity contribution in [3.05, 3.63) is 60.3 Å². The zero-order valence-electron chi connectivity index (χ0n) is 14.1. The SMILES string of the molecule is CCOc1ccc(-c2c(C)c[nH]c2-c2ccc(S(N)(=O)=O)cc2)cc1. The van der Waals surface area contributed by atoms with Crippen molar-refractivity contribution in [3.63, 3.8) is 0 Å². The van der Waals surface area contributed by atoms with Crippen LogP contribution in [0.25, 0.3) is 22.4 Å². The summed E-state index contributed by atoms with van der Waals surface area (Å²) in [6, 6.07) is 14.5. The lowest BCUT2D eigenvalue weighted by atomic mass is 9.98. The minimum atomic E-state index is -3.69. The molecule has 0 aliphatic heterocycles. The van der Waals surface area contributed by atoms with Gasteiger partial charge in [0.1, 0.15) is 5.75 Å². The molecule has 0 saturated carbocycles. The molecule has 1 heterocycles. The normalized spacial score (nSPS) is 11.5. The van der Waals surface area contributed by atoms with Crippen LogP contribution in [-0.4, -0.2) is 20.0 Å². The molecule has 0 aliphatic rings. The van der Waals surface area contributed by atoms with Crippen LogP contribution in [0.5, 0.6) is 5.75 Å². The third-order valence-electron chi connectivity index (χ3n) is 4.00. The first-order valence-electron chi connectivity index (χ1n) is 7.94. The van der Waals surface area contributed by atoms with E-state index in [1.165, 1.54) is 12.1 Å². The van der Waals surface area contributed by atoms with Crippen LogP contribution in [0.4, 0.5) is 0 Å². The highest BCUT2D eigenvalue weighted by Crippen LogP contribution is 2.35. The van der Waals surface area contributed by atoms with Crippen molar-refractivity contribution >= 4 is 10.0 Å². The monoisotopic (exact) mass is 356 g/mol. The molecule has 130 valence electrons. The van der Waals surface area contributed by atoms with Crippen molar-refractivity contribution in [2.24, 2.45) is 5.14 Å². The second kappa shape index (κ2) is 6.74. The maximum absolute atomic E-state index is 11.4. The number of ether oxygens (including phenoxy) is 1. The Morgan fingerprint density at radius 3 is 2.16 bits per heavy atom. The summed E-state index contributed by atoms with van der Waals surface area (Å²) in [4.78, 5) is 3.37. The van der Waals surface area contributed by atoms with Gasteiger partial charge in [0.05, 0.1) is 17.2 Å². The predicted molar refractivity (Wildman–Crippen MR) is 98.9 cm³/mol. The van der Waals surface area contributed by atoms with Gasteiger partial charge in [-0.3, -0.25) is 0 Å². The highest BCUT2D eigenvalue weighted by molar-refractivity contribution is 7.89. The number of nitrogens with two attached hydrogens (primary N) is 1. The highest BCUT2D eigenvalue weighted by Gasteiger charge is 2.14. The van der Waals surface area contributed by atoms with E-state index in [1.54, 1.807) is 12.1 Å². The highest BCUT2D eigenvalue weighted by atomic mass is 32.2. The summed E-state index contributed by atoms with van der Waals surface area (Å²) in [5.41, 5.74) is 5.07. The number of nitrogens with one attached hydrogen (secondary N) is 1. The second-order valence-electron chi connectivity index (χ2n) is 5.75. The molecule has 0 fully saturated rings. The zero-order valence-corrected chi connectivity index (χ0v) is 14.9. The molecule has 0 unspecified atom stereocenters. The van der Waals surface area contributed by atoms with Crippen LogP contribution in [0, 0.1) is 6.92 Å². The molecule has 25 heavy (non-hydrogen) atoms. The number of benzene rings is 2. The molecule has 5 nitrogen and oxygen atoms in total. The van der Waals surface area contributed by atoms with E-state index < -0.39 is 10.0 Å². The molecule has 0 atom stereocenters. The average molecular weight is 356 g/mol. The summed E-state index contributed by atoms with van der Waals surface area (Å²) in [6.07, 6.45) is 1.94. The molecule has 0 saturated heterocycles. The van der Waals surface area contributed by atoms with E-state index in [0.717, 1.165) is 33.7 Å². The largest absolute Gasteiger partial charge is 0.494 e. The number of primary sulfonamides is 1. The molecular weight excluding hydrogens is 336 g/mol. The molecule has 0 radical (unpaired) electrons. The molecule has 0 aliphatic carbocycles. The van der Waals surface area contributed by atoms with Gasteiger partial charge in [0.15, 0.2) is 0 Å². The number of hydrogen-bond donors (Lipinski definition) is 2. The van der Waals surface area contributed by atoms with E-state index >= 15 is 0 Å². The lowest BCUT2D eigenvalue weighted by Crippen LogP contribution is -2.11. The van der Waals surface area contributed by atoms with Gasteiger partial charge in [0.25, 0.3) is 0 Å². The van der Waals surface area contributed by atoms with Crippen molar-refractivity contribution in [3.8, 4) is 28.1 Å². The minimum absolute atomic E-state index is 0.0992. The fourth-order valence-electron chi connectivity index (χ4n) is 2.82. The lowest BCUT2D eigenvalue weighted by Gasteiger charge is -2.09. The summed E-state index contributed by atoms with van der Waals surface area (Å²) in [6.45, 7) is 4.61. The van der Waals surface area contributed by atoms with Crippen LogP contribution in [0.15, 0.2) is 59.6 Å². The Balaban J connectivity index is 2.02. The molecule has 0 bridgehead atoms. The molecule has 3 N–H and O–H groups in total. The molecule has 1 aromatic heterocycles. The van der Waals surface area contributed by atoms with Crippen LogP contribution in [0.1, 0.15) is 12.5 Å². The van der Waals surface area contributed by atoms with Gasteiger partial charge in [0.2, 0.25) is 10.0 Å². The Morgan fingerprint density at radius 2 is 1.60 bits per heavy atom. The Bertz CT molecular complexity index is 973. The van der Waals surface area contributed by atoms with E-state index in [-0.39, 0.29) is 4.90 Å². The Morgan fingerprint density at radius 1 is 1.00 bits per heavy atom. The maximum atomic E-state index is 11.4. The Kier molecular flexibility index (Phi) is 4.65. The maximum Gasteiger partial charge on any atom is 0.238 e. The summed E-state index contributed by atoms with van der Waals surface area (Å²) < 4.78 is 28.3. The third-order valence-corrected chi connectivity index (χ3v) is 4.93. The van der Waals surface area contributed by atoms with E-state index in [4.69, 9.17) is 9.88 Å². The van der Waals surface area contributed by atoms with Crippen molar-refractivity contribution in [2.45, 2.75) is 18.7 Å². The van der Waals surface area contributed by atoms with Crippen molar-refractivity contribution in [1.82, 2.24) is 4.98 Å². The third kappa shape index (κ3) is 3.60. The van der Waals surface area contributed by atoms with Gasteiger partial charge in [-0.15, -0.1) is 0 Å².